The van der Waals surface area contributed by atoms with Gasteiger partial charge in [0, 0.05) is 17.3 Å². The molecule has 1 aliphatic rings. The van der Waals surface area contributed by atoms with Crippen molar-refractivity contribution < 1.29 is 14.0 Å². The first-order valence-electron chi connectivity index (χ1n) is 9.12. The van der Waals surface area contributed by atoms with E-state index in [1.165, 1.54) is 0 Å². The molecule has 27 heavy (non-hydrogen) atoms. The molecule has 1 aromatic heterocycles. The molecule has 1 fully saturated rings. The van der Waals surface area contributed by atoms with Crippen LogP contribution in [0.4, 0.5) is 5.69 Å². The number of carbonyl (C=O) groups excluding carboxylic acids is 2. The summed E-state index contributed by atoms with van der Waals surface area (Å²) in [6, 6.07) is 9.07. The van der Waals surface area contributed by atoms with Crippen molar-refractivity contribution in [3.05, 3.63) is 52.9 Å². The molecule has 2 N–H and O–H groups in total. The van der Waals surface area contributed by atoms with E-state index in [1.54, 1.807) is 31.4 Å². The molecule has 1 aliphatic heterocycles. The van der Waals surface area contributed by atoms with Gasteiger partial charge in [-0.2, -0.15) is 0 Å². The maximum atomic E-state index is 12.1. The van der Waals surface area contributed by atoms with Crippen molar-refractivity contribution in [2.24, 2.45) is 5.92 Å². The van der Waals surface area contributed by atoms with Crippen molar-refractivity contribution in [1.29, 1.82) is 0 Å². The number of nitrogens with one attached hydrogen (secondary N) is 2. The largest absolute Gasteiger partial charge is 0.468 e. The smallest absolute Gasteiger partial charge is 0.313 e. The normalized spacial score (nSPS) is 15.5. The van der Waals surface area contributed by atoms with Crippen LogP contribution in [0.1, 0.15) is 24.2 Å². The highest BCUT2D eigenvalue weighted by molar-refractivity contribution is 6.40. The summed E-state index contributed by atoms with van der Waals surface area (Å²) < 4.78 is 5.38. The second-order valence-electron chi connectivity index (χ2n) is 6.88. The fourth-order valence-electron chi connectivity index (χ4n) is 3.21. The molecule has 0 atom stereocenters. The van der Waals surface area contributed by atoms with Crippen molar-refractivity contribution in [1.82, 2.24) is 10.2 Å². The maximum absolute atomic E-state index is 12.1. The van der Waals surface area contributed by atoms with Gasteiger partial charge in [-0.3, -0.25) is 14.5 Å². The third-order valence-electron chi connectivity index (χ3n) is 4.94. The minimum Gasteiger partial charge on any atom is -0.468 e. The van der Waals surface area contributed by atoms with Crippen LogP contribution in [0.2, 0.25) is 5.02 Å². The van der Waals surface area contributed by atoms with Crippen molar-refractivity contribution in [2.45, 2.75) is 26.3 Å². The number of carbonyl (C=O) groups is 2. The Labute approximate surface area is 163 Å². The first-order valence-corrected chi connectivity index (χ1v) is 9.49. The van der Waals surface area contributed by atoms with Gasteiger partial charge in [0.05, 0.1) is 12.8 Å². The third kappa shape index (κ3) is 5.34. The monoisotopic (exact) mass is 389 g/mol. The van der Waals surface area contributed by atoms with E-state index in [4.69, 9.17) is 16.0 Å². The van der Waals surface area contributed by atoms with Crippen LogP contribution in [0.25, 0.3) is 0 Å². The lowest BCUT2D eigenvalue weighted by molar-refractivity contribution is -0.136. The molecule has 144 valence electrons. The molecular weight excluding hydrogens is 366 g/mol. The van der Waals surface area contributed by atoms with E-state index in [9.17, 15) is 9.59 Å². The van der Waals surface area contributed by atoms with Gasteiger partial charge in [0.25, 0.3) is 0 Å². The highest BCUT2D eigenvalue weighted by Gasteiger charge is 2.22. The molecule has 2 amide bonds. The topological polar surface area (TPSA) is 74.6 Å². The lowest BCUT2D eigenvalue weighted by atomic mass is 9.96. The van der Waals surface area contributed by atoms with E-state index >= 15 is 0 Å². The highest BCUT2D eigenvalue weighted by Crippen LogP contribution is 2.23. The zero-order chi connectivity index (χ0) is 19.2. The second-order valence-corrected chi connectivity index (χ2v) is 7.28. The van der Waals surface area contributed by atoms with Gasteiger partial charge < -0.3 is 15.1 Å². The van der Waals surface area contributed by atoms with Gasteiger partial charge >= 0.3 is 11.8 Å². The Kier molecular flexibility index (Phi) is 6.53. The van der Waals surface area contributed by atoms with E-state index in [0.717, 1.165) is 43.8 Å². The summed E-state index contributed by atoms with van der Waals surface area (Å²) in [5, 5.41) is 5.91. The zero-order valence-corrected chi connectivity index (χ0v) is 16.1. The Morgan fingerprint density at radius 1 is 1.19 bits per heavy atom. The molecule has 3 rings (SSSR count). The van der Waals surface area contributed by atoms with E-state index in [0.29, 0.717) is 23.2 Å². The highest BCUT2D eigenvalue weighted by atomic mass is 35.5. The average molecular weight is 390 g/mol. The van der Waals surface area contributed by atoms with Crippen LogP contribution < -0.4 is 10.6 Å². The summed E-state index contributed by atoms with van der Waals surface area (Å²) in [6.45, 7) is 5.03. The summed E-state index contributed by atoms with van der Waals surface area (Å²) >= 11 is 6.03. The molecule has 0 unspecified atom stereocenters. The first-order chi connectivity index (χ1) is 13.0. The fraction of sp³-hybridized carbons (Fsp3) is 0.400. The SMILES string of the molecule is Cc1c(Cl)cccc1NC(=O)C(=O)NCC1CCN(Cc2ccco2)CC1. The Morgan fingerprint density at radius 2 is 1.96 bits per heavy atom. The number of rotatable bonds is 5. The van der Waals surface area contributed by atoms with Crippen molar-refractivity contribution >= 4 is 29.1 Å². The van der Waals surface area contributed by atoms with Crippen molar-refractivity contribution in [3.63, 3.8) is 0 Å². The summed E-state index contributed by atoms with van der Waals surface area (Å²) in [7, 11) is 0. The van der Waals surface area contributed by atoms with Crippen molar-refractivity contribution in [2.75, 3.05) is 25.0 Å². The van der Waals surface area contributed by atoms with Gasteiger partial charge in [-0.25, -0.2) is 0 Å². The number of halogens is 1. The number of furan rings is 1. The molecule has 0 spiro atoms. The number of hydrogen-bond donors (Lipinski definition) is 2. The lowest BCUT2D eigenvalue weighted by Gasteiger charge is -2.31. The molecule has 0 aliphatic carbocycles. The number of likely N-dealkylation sites (tertiary alicyclic amines) is 1. The van der Waals surface area contributed by atoms with E-state index < -0.39 is 11.8 Å². The number of hydrogen-bond acceptors (Lipinski definition) is 4. The zero-order valence-electron chi connectivity index (χ0n) is 15.3. The van der Waals surface area contributed by atoms with Crippen LogP contribution in [-0.2, 0) is 16.1 Å². The number of anilines is 1. The van der Waals surface area contributed by atoms with E-state index in [2.05, 4.69) is 15.5 Å². The Balaban J connectivity index is 1.40. The van der Waals surface area contributed by atoms with Gasteiger partial charge in [0.15, 0.2) is 0 Å². The second kappa shape index (κ2) is 9.06. The van der Waals surface area contributed by atoms with Gasteiger partial charge in [0.2, 0.25) is 0 Å². The van der Waals surface area contributed by atoms with Crippen LogP contribution in [-0.4, -0.2) is 36.3 Å². The molecule has 2 heterocycles. The number of piperidine rings is 1. The summed E-state index contributed by atoms with van der Waals surface area (Å²) in [5.41, 5.74) is 1.29. The number of nitrogens with zero attached hydrogens (tertiary/aromatic N) is 1. The van der Waals surface area contributed by atoms with Crippen LogP contribution in [0.5, 0.6) is 0 Å². The minimum absolute atomic E-state index is 0.377. The average Bonchev–Trinajstić information content (AvgIpc) is 3.17. The summed E-state index contributed by atoms with van der Waals surface area (Å²) in [5.74, 6) is 0.0558. The maximum Gasteiger partial charge on any atom is 0.313 e. The molecule has 7 heteroatoms. The molecule has 2 aromatic rings. The Bertz CT molecular complexity index is 784. The van der Waals surface area contributed by atoms with Gasteiger partial charge in [-0.15, -0.1) is 0 Å². The molecule has 6 nitrogen and oxygen atoms in total. The minimum atomic E-state index is -0.671. The Hall–Kier alpha value is -2.31. The summed E-state index contributed by atoms with van der Waals surface area (Å²) in [6.07, 6.45) is 3.65. The molecule has 1 aromatic carbocycles. The Morgan fingerprint density at radius 3 is 2.67 bits per heavy atom. The van der Waals surface area contributed by atoms with E-state index in [1.807, 2.05) is 12.1 Å². The molecular formula is C20H24ClN3O3. The molecule has 0 radical (unpaired) electrons. The van der Waals surface area contributed by atoms with Crippen LogP contribution in [0.3, 0.4) is 0 Å². The predicted molar refractivity (Wildman–Crippen MR) is 105 cm³/mol. The number of amides is 2. The van der Waals surface area contributed by atoms with Crippen LogP contribution in [0, 0.1) is 12.8 Å². The molecule has 0 saturated carbocycles. The first kappa shape index (κ1) is 19.5. The van der Waals surface area contributed by atoms with Crippen LogP contribution in [0.15, 0.2) is 41.0 Å². The van der Waals surface area contributed by atoms with Gasteiger partial charge in [-0.1, -0.05) is 17.7 Å². The fourth-order valence-corrected chi connectivity index (χ4v) is 3.39. The third-order valence-corrected chi connectivity index (χ3v) is 5.35. The quantitative estimate of drug-likeness (QED) is 0.770. The standard InChI is InChI=1S/C20H24ClN3O3/c1-14-17(21)5-2-6-18(14)23-20(26)19(25)22-12-15-7-9-24(10-8-15)13-16-4-3-11-27-16/h2-6,11,15H,7-10,12-13H2,1H3,(H,22,25)(H,23,26). The molecule has 0 bridgehead atoms. The number of benzene rings is 1. The van der Waals surface area contributed by atoms with Crippen molar-refractivity contribution in [3.8, 4) is 0 Å². The van der Waals surface area contributed by atoms with E-state index in [-0.39, 0.29) is 0 Å². The van der Waals surface area contributed by atoms with Gasteiger partial charge in [-0.05, 0) is 68.6 Å². The summed E-state index contributed by atoms with van der Waals surface area (Å²) in [4.78, 5) is 26.5. The molecule has 1 saturated heterocycles. The predicted octanol–water partition coefficient (Wildman–Crippen LogP) is 3.21. The van der Waals surface area contributed by atoms with Crippen LogP contribution >= 0.6 is 11.6 Å². The van der Waals surface area contributed by atoms with Gasteiger partial charge in [0.1, 0.15) is 5.76 Å². The lowest BCUT2D eigenvalue weighted by Crippen LogP contribution is -2.41.